The van der Waals surface area contributed by atoms with Gasteiger partial charge in [0.15, 0.2) is 5.78 Å². The number of rotatable bonds is 5. The molecule has 0 heterocycles. The van der Waals surface area contributed by atoms with E-state index in [1.165, 1.54) is 24.3 Å². The monoisotopic (exact) mass is 250 g/mol. The summed E-state index contributed by atoms with van der Waals surface area (Å²) in [5, 5.41) is 8.93. The van der Waals surface area contributed by atoms with Crippen molar-refractivity contribution in [1.29, 1.82) is 0 Å². The molecular weight excluding hydrogens is 240 g/mol. The third-order valence-corrected chi connectivity index (χ3v) is 2.21. The van der Waals surface area contributed by atoms with Crippen molar-refractivity contribution in [3.63, 3.8) is 0 Å². The van der Waals surface area contributed by atoms with Crippen LogP contribution in [0.3, 0.4) is 0 Å². The molecule has 0 radical (unpaired) electrons. The summed E-state index contributed by atoms with van der Waals surface area (Å²) in [6.07, 6.45) is -7.72. The molecule has 1 aromatic rings. The number of alkyl halides is 4. The zero-order valence-electron chi connectivity index (χ0n) is 8.62. The standard InChI is InChI=1S/C11H10F4O2/c12-10(13)11(14,15)9(17)6-8(16)7-4-2-1-3-5-7/h1-5,9-10,17H,6H2. The van der Waals surface area contributed by atoms with E-state index in [0.29, 0.717) is 0 Å². The van der Waals surface area contributed by atoms with Gasteiger partial charge in [0.1, 0.15) is 6.10 Å². The van der Waals surface area contributed by atoms with Gasteiger partial charge in [-0.25, -0.2) is 8.78 Å². The molecule has 0 aliphatic heterocycles. The minimum atomic E-state index is -4.58. The van der Waals surface area contributed by atoms with Crippen LogP contribution < -0.4 is 0 Å². The second kappa shape index (κ2) is 5.27. The van der Waals surface area contributed by atoms with Crippen molar-refractivity contribution in [2.24, 2.45) is 0 Å². The lowest BCUT2D eigenvalue weighted by Gasteiger charge is -2.20. The van der Waals surface area contributed by atoms with E-state index in [2.05, 4.69) is 0 Å². The van der Waals surface area contributed by atoms with Gasteiger partial charge < -0.3 is 5.11 Å². The fourth-order valence-electron chi connectivity index (χ4n) is 1.20. The van der Waals surface area contributed by atoms with E-state index in [-0.39, 0.29) is 5.56 Å². The van der Waals surface area contributed by atoms with Crippen LogP contribution in [-0.4, -0.2) is 29.3 Å². The van der Waals surface area contributed by atoms with Crippen LogP contribution in [0.5, 0.6) is 0 Å². The second-order valence-corrected chi connectivity index (χ2v) is 3.48. The first-order chi connectivity index (χ1) is 7.85. The molecule has 1 atom stereocenters. The first-order valence-corrected chi connectivity index (χ1v) is 4.78. The Morgan fingerprint density at radius 2 is 1.76 bits per heavy atom. The Hall–Kier alpha value is -1.43. The maximum absolute atomic E-state index is 12.7. The van der Waals surface area contributed by atoms with Crippen molar-refractivity contribution in [2.75, 3.05) is 0 Å². The van der Waals surface area contributed by atoms with Crippen LogP contribution in [0.1, 0.15) is 16.8 Å². The van der Waals surface area contributed by atoms with Gasteiger partial charge in [-0.1, -0.05) is 30.3 Å². The maximum atomic E-state index is 12.7. The molecule has 2 nitrogen and oxygen atoms in total. The van der Waals surface area contributed by atoms with Gasteiger partial charge in [0.05, 0.1) is 0 Å². The molecule has 0 aliphatic rings. The quantitative estimate of drug-likeness (QED) is 0.644. The highest BCUT2D eigenvalue weighted by Gasteiger charge is 2.48. The number of halogens is 4. The molecule has 0 aliphatic carbocycles. The summed E-state index contributed by atoms with van der Waals surface area (Å²) in [6, 6.07) is 7.34. The molecule has 0 saturated carbocycles. The summed E-state index contributed by atoms with van der Waals surface area (Å²) in [4.78, 5) is 11.4. The predicted octanol–water partition coefficient (Wildman–Crippen LogP) is 2.52. The summed E-state index contributed by atoms with van der Waals surface area (Å²) in [5.41, 5.74) is 0.0941. The number of carbonyl (C=O) groups is 1. The lowest BCUT2D eigenvalue weighted by atomic mass is 10.0. The van der Waals surface area contributed by atoms with E-state index < -0.39 is 30.7 Å². The molecule has 0 amide bonds. The smallest absolute Gasteiger partial charge is 0.333 e. The van der Waals surface area contributed by atoms with Crippen LogP contribution in [-0.2, 0) is 0 Å². The van der Waals surface area contributed by atoms with Crippen molar-refractivity contribution in [3.8, 4) is 0 Å². The fraction of sp³-hybridized carbons (Fsp3) is 0.364. The van der Waals surface area contributed by atoms with Crippen LogP contribution in [0.2, 0.25) is 0 Å². The van der Waals surface area contributed by atoms with Gasteiger partial charge in [0.2, 0.25) is 0 Å². The molecule has 94 valence electrons. The lowest BCUT2D eigenvalue weighted by molar-refractivity contribution is -0.189. The third kappa shape index (κ3) is 3.26. The Bertz CT molecular complexity index is 378. The zero-order chi connectivity index (χ0) is 13.1. The van der Waals surface area contributed by atoms with E-state index in [1.54, 1.807) is 6.07 Å². The highest BCUT2D eigenvalue weighted by molar-refractivity contribution is 5.96. The number of carbonyl (C=O) groups excluding carboxylic acids is 1. The van der Waals surface area contributed by atoms with Gasteiger partial charge in [-0.2, -0.15) is 8.78 Å². The molecule has 1 aromatic carbocycles. The summed E-state index contributed by atoms with van der Waals surface area (Å²) >= 11 is 0. The van der Waals surface area contributed by atoms with Crippen LogP contribution >= 0.6 is 0 Å². The molecule has 0 spiro atoms. The Morgan fingerprint density at radius 1 is 1.24 bits per heavy atom. The zero-order valence-corrected chi connectivity index (χ0v) is 8.62. The van der Waals surface area contributed by atoms with Crippen LogP contribution in [0.4, 0.5) is 17.6 Å². The van der Waals surface area contributed by atoms with Gasteiger partial charge in [-0.15, -0.1) is 0 Å². The van der Waals surface area contributed by atoms with Gasteiger partial charge in [0.25, 0.3) is 0 Å². The van der Waals surface area contributed by atoms with Gasteiger partial charge >= 0.3 is 12.3 Å². The van der Waals surface area contributed by atoms with Gasteiger partial charge in [-0.3, -0.25) is 4.79 Å². The summed E-state index contributed by atoms with van der Waals surface area (Å²) in [5.74, 6) is -5.39. The molecule has 1 N–H and O–H groups in total. The molecule has 17 heavy (non-hydrogen) atoms. The molecule has 0 saturated heterocycles. The van der Waals surface area contributed by atoms with Gasteiger partial charge in [0, 0.05) is 12.0 Å². The first-order valence-electron chi connectivity index (χ1n) is 4.78. The molecular formula is C11H10F4O2. The van der Waals surface area contributed by atoms with E-state index >= 15 is 0 Å². The normalized spacial score (nSPS) is 13.8. The molecule has 0 aromatic heterocycles. The topological polar surface area (TPSA) is 37.3 Å². The van der Waals surface area contributed by atoms with Crippen molar-refractivity contribution < 1.29 is 27.5 Å². The van der Waals surface area contributed by atoms with Crippen LogP contribution in [0, 0.1) is 0 Å². The predicted molar refractivity (Wildman–Crippen MR) is 52.3 cm³/mol. The largest absolute Gasteiger partial charge is 0.386 e. The van der Waals surface area contributed by atoms with Crippen molar-refractivity contribution in [3.05, 3.63) is 35.9 Å². The number of benzene rings is 1. The molecule has 0 fully saturated rings. The van der Waals surface area contributed by atoms with E-state index in [9.17, 15) is 22.4 Å². The van der Waals surface area contributed by atoms with Crippen LogP contribution in [0.15, 0.2) is 30.3 Å². The minimum Gasteiger partial charge on any atom is -0.386 e. The number of hydrogen-bond acceptors (Lipinski definition) is 2. The Kier molecular flexibility index (Phi) is 4.22. The molecule has 6 heteroatoms. The minimum absolute atomic E-state index is 0.0941. The lowest BCUT2D eigenvalue weighted by Crippen LogP contribution is -2.41. The number of aliphatic hydroxyl groups is 1. The third-order valence-electron chi connectivity index (χ3n) is 2.21. The molecule has 0 bridgehead atoms. The molecule has 1 rings (SSSR count). The maximum Gasteiger partial charge on any atom is 0.333 e. The Balaban J connectivity index is 2.70. The second-order valence-electron chi connectivity index (χ2n) is 3.48. The highest BCUT2D eigenvalue weighted by atomic mass is 19.3. The summed E-state index contributed by atoms with van der Waals surface area (Å²) in [6.45, 7) is 0. The van der Waals surface area contributed by atoms with Gasteiger partial charge in [-0.05, 0) is 0 Å². The van der Waals surface area contributed by atoms with E-state index in [4.69, 9.17) is 5.11 Å². The number of ketones is 1. The summed E-state index contributed by atoms with van der Waals surface area (Å²) in [7, 11) is 0. The number of Topliss-reactive ketones (excluding diaryl/α,β-unsaturated/α-hetero) is 1. The number of aliphatic hydroxyl groups excluding tert-OH is 1. The Labute approximate surface area is 94.9 Å². The van der Waals surface area contributed by atoms with E-state index in [0.717, 1.165) is 0 Å². The highest BCUT2D eigenvalue weighted by Crippen LogP contribution is 2.29. The Morgan fingerprint density at radius 3 is 2.24 bits per heavy atom. The summed E-state index contributed by atoms with van der Waals surface area (Å²) < 4.78 is 49.1. The van der Waals surface area contributed by atoms with Crippen molar-refractivity contribution >= 4 is 5.78 Å². The average Bonchev–Trinajstić information content (AvgIpc) is 2.29. The van der Waals surface area contributed by atoms with E-state index in [1.807, 2.05) is 0 Å². The molecule has 1 unspecified atom stereocenters. The fourth-order valence-corrected chi connectivity index (χ4v) is 1.20. The number of hydrogen-bond donors (Lipinski definition) is 1. The van der Waals surface area contributed by atoms with Crippen molar-refractivity contribution in [2.45, 2.75) is 24.9 Å². The first kappa shape index (κ1) is 13.6. The van der Waals surface area contributed by atoms with Crippen molar-refractivity contribution in [1.82, 2.24) is 0 Å². The average molecular weight is 250 g/mol. The SMILES string of the molecule is O=C(CC(O)C(F)(F)C(F)F)c1ccccc1. The van der Waals surface area contributed by atoms with Crippen LogP contribution in [0.25, 0.3) is 0 Å².